The lowest BCUT2D eigenvalue weighted by molar-refractivity contribution is -0.154. The predicted molar refractivity (Wildman–Crippen MR) is 180 cm³/mol. The minimum Gasteiger partial charge on any atom is -0.480 e. The molecule has 0 aliphatic heterocycles. The maximum atomic E-state index is 12.5. The molecule has 0 rings (SSSR count). The molecule has 0 saturated heterocycles. The minimum absolute atomic E-state index is 0.0169. The lowest BCUT2D eigenvalue weighted by Crippen LogP contribution is -2.34. The lowest BCUT2D eigenvalue weighted by Gasteiger charge is -2.20. The summed E-state index contributed by atoms with van der Waals surface area (Å²) in [6.45, 7) is 3.82. The number of hydrogen-bond donors (Lipinski definition) is 3. The second-order valence-electron chi connectivity index (χ2n) is 12.0. The SMILES string of the molecule is CCCCC/C=C\CCCCCCCCOCC(COP(=O)(O)OCC(N)C(=O)O)OC(=O)CCCCCCCCCCCC. The van der Waals surface area contributed by atoms with E-state index in [-0.39, 0.29) is 13.0 Å². The number of rotatable bonds is 34. The van der Waals surface area contributed by atoms with Gasteiger partial charge in [-0.1, -0.05) is 122 Å². The average Bonchev–Trinajstić information content (AvgIpc) is 3.01. The molecule has 0 fully saturated rings. The van der Waals surface area contributed by atoms with Crippen molar-refractivity contribution in [3.63, 3.8) is 0 Å². The quantitative estimate of drug-likeness (QED) is 0.0264. The van der Waals surface area contributed by atoms with Gasteiger partial charge < -0.3 is 25.2 Å². The fourth-order valence-electron chi connectivity index (χ4n) is 4.71. The second-order valence-corrected chi connectivity index (χ2v) is 13.5. The van der Waals surface area contributed by atoms with E-state index < -0.39 is 45.1 Å². The number of unbranched alkanes of at least 4 members (excludes halogenated alkanes) is 18. The van der Waals surface area contributed by atoms with Crippen molar-refractivity contribution < 1.29 is 42.7 Å². The van der Waals surface area contributed by atoms with Gasteiger partial charge in [-0.05, 0) is 38.5 Å². The lowest BCUT2D eigenvalue weighted by atomic mass is 10.1. The van der Waals surface area contributed by atoms with Crippen molar-refractivity contribution in [1.29, 1.82) is 0 Å². The molecule has 3 atom stereocenters. The molecule has 4 N–H and O–H groups in total. The zero-order chi connectivity index (χ0) is 33.4. The first kappa shape index (κ1) is 43.7. The Morgan fingerprint density at radius 2 is 1.16 bits per heavy atom. The first-order valence-electron chi connectivity index (χ1n) is 17.7. The van der Waals surface area contributed by atoms with Gasteiger partial charge in [0.2, 0.25) is 0 Å². The first-order valence-corrected chi connectivity index (χ1v) is 19.2. The van der Waals surface area contributed by atoms with Crippen LogP contribution in [0.4, 0.5) is 0 Å². The van der Waals surface area contributed by atoms with E-state index >= 15 is 0 Å². The maximum absolute atomic E-state index is 12.5. The van der Waals surface area contributed by atoms with E-state index in [1.807, 2.05) is 0 Å². The van der Waals surface area contributed by atoms with Gasteiger partial charge in [-0.2, -0.15) is 0 Å². The first-order chi connectivity index (χ1) is 21.7. The number of esters is 1. The van der Waals surface area contributed by atoms with Gasteiger partial charge in [-0.3, -0.25) is 18.6 Å². The molecule has 0 amide bonds. The van der Waals surface area contributed by atoms with Crippen molar-refractivity contribution >= 4 is 19.8 Å². The van der Waals surface area contributed by atoms with Crippen molar-refractivity contribution in [3.8, 4) is 0 Å². The van der Waals surface area contributed by atoms with Gasteiger partial charge in [0.1, 0.15) is 12.1 Å². The number of allylic oxidation sites excluding steroid dienone is 2. The van der Waals surface area contributed by atoms with Crippen molar-refractivity contribution in [2.45, 2.75) is 167 Å². The summed E-state index contributed by atoms with van der Waals surface area (Å²) in [5.74, 6) is -1.78. The Kier molecular flexibility index (Phi) is 30.4. The summed E-state index contributed by atoms with van der Waals surface area (Å²) < 4.78 is 33.1. The highest BCUT2D eigenvalue weighted by Gasteiger charge is 2.27. The summed E-state index contributed by atoms with van der Waals surface area (Å²) >= 11 is 0. The summed E-state index contributed by atoms with van der Waals surface area (Å²) in [5.41, 5.74) is 5.32. The van der Waals surface area contributed by atoms with Crippen LogP contribution in [0, 0.1) is 0 Å². The second kappa shape index (κ2) is 31.3. The Morgan fingerprint density at radius 1 is 0.689 bits per heavy atom. The molecular weight excluding hydrogens is 597 g/mol. The molecule has 0 aromatic rings. The van der Waals surface area contributed by atoms with E-state index in [2.05, 4.69) is 30.5 Å². The van der Waals surface area contributed by atoms with Crippen LogP contribution in [0.3, 0.4) is 0 Å². The molecule has 0 aromatic heterocycles. The summed E-state index contributed by atoms with van der Waals surface area (Å²) in [6.07, 6.45) is 28.4. The topological polar surface area (TPSA) is 155 Å². The van der Waals surface area contributed by atoms with Crippen LogP contribution in [0.1, 0.15) is 155 Å². The van der Waals surface area contributed by atoms with Crippen LogP contribution in [0.5, 0.6) is 0 Å². The number of carbonyl (C=O) groups is 2. The summed E-state index contributed by atoms with van der Waals surface area (Å²) in [7, 11) is -4.60. The Morgan fingerprint density at radius 3 is 1.73 bits per heavy atom. The van der Waals surface area contributed by atoms with Gasteiger partial charge in [0.05, 0.1) is 19.8 Å². The van der Waals surface area contributed by atoms with E-state index in [0.717, 1.165) is 38.5 Å². The van der Waals surface area contributed by atoms with Crippen LogP contribution in [-0.2, 0) is 32.7 Å². The highest BCUT2D eigenvalue weighted by atomic mass is 31.2. The maximum Gasteiger partial charge on any atom is 0.472 e. The molecule has 0 spiro atoms. The van der Waals surface area contributed by atoms with Crippen LogP contribution >= 0.6 is 7.82 Å². The summed E-state index contributed by atoms with van der Waals surface area (Å²) in [6, 6.07) is -1.47. The molecule has 266 valence electrons. The van der Waals surface area contributed by atoms with Crippen molar-refractivity contribution in [2.75, 3.05) is 26.4 Å². The Hall–Kier alpha value is -1.29. The van der Waals surface area contributed by atoms with Crippen LogP contribution < -0.4 is 5.73 Å². The largest absolute Gasteiger partial charge is 0.480 e. The van der Waals surface area contributed by atoms with E-state index in [9.17, 15) is 19.0 Å². The van der Waals surface area contributed by atoms with Crippen LogP contribution in [0.25, 0.3) is 0 Å². The normalized spacial score (nSPS) is 14.4. The van der Waals surface area contributed by atoms with Gasteiger partial charge in [0.25, 0.3) is 0 Å². The molecule has 0 bridgehead atoms. The zero-order valence-corrected chi connectivity index (χ0v) is 29.4. The van der Waals surface area contributed by atoms with E-state index in [1.165, 1.54) is 89.9 Å². The van der Waals surface area contributed by atoms with Gasteiger partial charge in [-0.15, -0.1) is 0 Å². The highest BCUT2D eigenvalue weighted by Crippen LogP contribution is 2.43. The Balaban J connectivity index is 4.33. The zero-order valence-electron chi connectivity index (χ0n) is 28.5. The van der Waals surface area contributed by atoms with E-state index in [4.69, 9.17) is 24.8 Å². The molecule has 0 saturated carbocycles. The van der Waals surface area contributed by atoms with Crippen molar-refractivity contribution in [1.82, 2.24) is 0 Å². The number of ether oxygens (including phenoxy) is 2. The molecule has 0 aliphatic carbocycles. The van der Waals surface area contributed by atoms with Crippen molar-refractivity contribution in [3.05, 3.63) is 12.2 Å². The molecule has 0 aromatic carbocycles. The number of carboxylic acids is 1. The van der Waals surface area contributed by atoms with Crippen LogP contribution in [-0.4, -0.2) is 60.5 Å². The monoisotopic (exact) mass is 663 g/mol. The number of carboxylic acid groups (broad SMARTS) is 1. The molecule has 45 heavy (non-hydrogen) atoms. The fourth-order valence-corrected chi connectivity index (χ4v) is 5.49. The van der Waals surface area contributed by atoms with Crippen LogP contribution in [0.2, 0.25) is 0 Å². The minimum atomic E-state index is -4.60. The highest BCUT2D eigenvalue weighted by molar-refractivity contribution is 7.47. The Labute approximate surface area is 273 Å². The number of phosphoric ester groups is 1. The molecular formula is C34H66NO9P. The van der Waals surface area contributed by atoms with E-state index in [1.54, 1.807) is 0 Å². The third-order valence-corrected chi connectivity index (χ3v) is 8.50. The number of phosphoric acid groups is 1. The third kappa shape index (κ3) is 31.1. The number of hydrogen-bond acceptors (Lipinski definition) is 8. The molecule has 10 nitrogen and oxygen atoms in total. The number of carbonyl (C=O) groups excluding carboxylic acids is 1. The predicted octanol–water partition coefficient (Wildman–Crippen LogP) is 8.64. The smallest absolute Gasteiger partial charge is 0.472 e. The fraction of sp³-hybridized carbons (Fsp3) is 0.882. The summed E-state index contributed by atoms with van der Waals surface area (Å²) in [5, 5.41) is 8.84. The van der Waals surface area contributed by atoms with Gasteiger partial charge in [0.15, 0.2) is 0 Å². The van der Waals surface area contributed by atoms with Crippen molar-refractivity contribution in [2.24, 2.45) is 5.73 Å². The molecule has 0 heterocycles. The van der Waals surface area contributed by atoms with Gasteiger partial charge in [-0.25, -0.2) is 4.57 Å². The Bertz CT molecular complexity index is 781. The standard InChI is InChI=1S/C34H66NO9P/c1-3-5-7-9-11-13-15-16-17-19-21-23-25-27-41-28-31(29-42-45(39,40)43-30-32(35)34(37)38)44-33(36)26-24-22-20-18-14-12-10-8-6-4-2/h11,13,31-32H,3-10,12,14-30,35H2,1-2H3,(H,37,38)(H,39,40)/b13-11-. The van der Waals surface area contributed by atoms with E-state index in [0.29, 0.717) is 13.0 Å². The molecule has 3 unspecified atom stereocenters. The summed E-state index contributed by atoms with van der Waals surface area (Å²) in [4.78, 5) is 33.2. The van der Waals surface area contributed by atoms with Gasteiger partial charge >= 0.3 is 19.8 Å². The average molecular weight is 664 g/mol. The third-order valence-electron chi connectivity index (χ3n) is 7.54. The molecule has 0 radical (unpaired) electrons. The molecule has 11 heteroatoms. The number of nitrogens with two attached hydrogens (primary N) is 1. The van der Waals surface area contributed by atoms with Gasteiger partial charge in [0, 0.05) is 13.0 Å². The molecule has 0 aliphatic rings. The van der Waals surface area contributed by atoms with Crippen LogP contribution in [0.15, 0.2) is 12.2 Å². The number of aliphatic carboxylic acids is 1.